The molecule has 0 radical (unpaired) electrons. The number of anilines is 1. The first kappa shape index (κ1) is 16.3. The monoisotopic (exact) mass is 310 g/mol. The molecule has 1 aromatic carbocycles. The van der Waals surface area contributed by atoms with E-state index in [4.69, 9.17) is 0 Å². The van der Waals surface area contributed by atoms with Gasteiger partial charge >= 0.3 is 0 Å². The van der Waals surface area contributed by atoms with Gasteiger partial charge in [-0.05, 0) is 25.0 Å². The van der Waals surface area contributed by atoms with E-state index in [1.807, 2.05) is 6.07 Å². The maximum absolute atomic E-state index is 11.7. The highest BCUT2D eigenvalue weighted by atomic mass is 32.2. The molecule has 1 aliphatic heterocycles. The normalized spacial score (nSPS) is 21.1. The lowest BCUT2D eigenvalue weighted by atomic mass is 10.2. The number of benzene rings is 1. The summed E-state index contributed by atoms with van der Waals surface area (Å²) in [7, 11) is -2.84. The Morgan fingerprint density at radius 2 is 2.00 bits per heavy atom. The molecular formula is C16H26N2O2S. The van der Waals surface area contributed by atoms with Crippen molar-refractivity contribution in [1.82, 2.24) is 5.32 Å². The molecule has 1 saturated heterocycles. The summed E-state index contributed by atoms with van der Waals surface area (Å²) < 4.78 is 23.4. The molecule has 4 nitrogen and oxygen atoms in total. The van der Waals surface area contributed by atoms with Crippen LogP contribution in [0.5, 0.6) is 0 Å². The van der Waals surface area contributed by atoms with Crippen molar-refractivity contribution >= 4 is 15.5 Å². The zero-order valence-electron chi connectivity index (χ0n) is 12.8. The predicted octanol–water partition coefficient (Wildman–Crippen LogP) is 2.07. The van der Waals surface area contributed by atoms with Crippen molar-refractivity contribution in [1.29, 1.82) is 0 Å². The van der Waals surface area contributed by atoms with Crippen LogP contribution in [0, 0.1) is 0 Å². The summed E-state index contributed by atoms with van der Waals surface area (Å²) >= 11 is 0. The van der Waals surface area contributed by atoms with E-state index in [0.29, 0.717) is 6.54 Å². The molecule has 1 heterocycles. The fourth-order valence-corrected chi connectivity index (χ4v) is 4.22. The number of unbranched alkanes of at least 4 members (excludes halogenated alkanes) is 1. The summed E-state index contributed by atoms with van der Waals surface area (Å²) in [6, 6.07) is 10.5. The number of hydrogen-bond donors (Lipinski definition) is 1. The van der Waals surface area contributed by atoms with Crippen LogP contribution in [0.25, 0.3) is 0 Å². The van der Waals surface area contributed by atoms with E-state index in [-0.39, 0.29) is 17.5 Å². The Morgan fingerprint density at radius 1 is 1.24 bits per heavy atom. The van der Waals surface area contributed by atoms with Crippen LogP contribution in [-0.4, -0.2) is 45.6 Å². The fraction of sp³-hybridized carbons (Fsp3) is 0.625. The van der Waals surface area contributed by atoms with Crippen LogP contribution in [0.2, 0.25) is 0 Å². The highest BCUT2D eigenvalue weighted by molar-refractivity contribution is 7.91. The van der Waals surface area contributed by atoms with Crippen molar-refractivity contribution in [2.45, 2.75) is 32.2 Å². The number of nitrogens with one attached hydrogen (secondary N) is 1. The minimum atomic E-state index is -2.84. The molecule has 1 N–H and O–H groups in total. The van der Waals surface area contributed by atoms with E-state index in [9.17, 15) is 8.42 Å². The van der Waals surface area contributed by atoms with Crippen LogP contribution in [0.3, 0.4) is 0 Å². The van der Waals surface area contributed by atoms with Crippen LogP contribution in [-0.2, 0) is 9.84 Å². The molecule has 2 rings (SSSR count). The number of sulfone groups is 1. The van der Waals surface area contributed by atoms with Gasteiger partial charge < -0.3 is 10.2 Å². The summed E-state index contributed by atoms with van der Waals surface area (Å²) in [4.78, 5) is 2.37. The summed E-state index contributed by atoms with van der Waals surface area (Å²) in [5.74, 6) is 0.561. The van der Waals surface area contributed by atoms with Gasteiger partial charge in [0, 0.05) is 31.4 Å². The summed E-state index contributed by atoms with van der Waals surface area (Å²) in [6.07, 6.45) is 3.20. The van der Waals surface area contributed by atoms with Crippen molar-refractivity contribution in [3.63, 3.8) is 0 Å². The van der Waals surface area contributed by atoms with E-state index in [1.165, 1.54) is 12.1 Å². The second-order valence-corrected chi connectivity index (χ2v) is 7.96. The molecule has 21 heavy (non-hydrogen) atoms. The molecule has 1 fully saturated rings. The standard InChI is InChI=1S/C16H26N2O2S/c1-2-3-11-18(16-7-5-4-6-8-16)12-9-15-14-21(19,20)13-10-17-15/h4-8,15,17H,2-3,9-14H2,1H3. The molecule has 0 aromatic heterocycles. The van der Waals surface area contributed by atoms with Gasteiger partial charge in [0.25, 0.3) is 0 Å². The van der Waals surface area contributed by atoms with Crippen LogP contribution in [0.15, 0.2) is 30.3 Å². The molecule has 0 spiro atoms. The van der Waals surface area contributed by atoms with Gasteiger partial charge in [-0.1, -0.05) is 31.5 Å². The van der Waals surface area contributed by atoms with Gasteiger partial charge in [-0.15, -0.1) is 0 Å². The number of rotatable bonds is 7. The SMILES string of the molecule is CCCCN(CCC1CS(=O)(=O)CCN1)c1ccccc1. The lowest BCUT2D eigenvalue weighted by Gasteiger charge is -2.29. The lowest BCUT2D eigenvalue weighted by molar-refractivity contribution is 0.491. The van der Waals surface area contributed by atoms with E-state index >= 15 is 0 Å². The Labute approximate surface area is 128 Å². The Balaban J connectivity index is 1.93. The predicted molar refractivity (Wildman–Crippen MR) is 88.6 cm³/mol. The van der Waals surface area contributed by atoms with Crippen molar-refractivity contribution in [3.8, 4) is 0 Å². The molecule has 0 amide bonds. The largest absolute Gasteiger partial charge is 0.371 e. The molecule has 1 atom stereocenters. The smallest absolute Gasteiger partial charge is 0.153 e. The Kier molecular flexibility index (Phi) is 6.06. The minimum absolute atomic E-state index is 0.0941. The van der Waals surface area contributed by atoms with Crippen molar-refractivity contribution in [2.24, 2.45) is 0 Å². The average molecular weight is 310 g/mol. The van der Waals surface area contributed by atoms with Crippen molar-refractivity contribution in [3.05, 3.63) is 30.3 Å². The third-order valence-electron chi connectivity index (χ3n) is 3.95. The first-order valence-corrected chi connectivity index (χ1v) is 9.66. The molecule has 0 bridgehead atoms. The van der Waals surface area contributed by atoms with Crippen LogP contribution >= 0.6 is 0 Å². The molecule has 1 unspecified atom stereocenters. The van der Waals surface area contributed by atoms with E-state index < -0.39 is 9.84 Å². The summed E-state index contributed by atoms with van der Waals surface area (Å²) in [5.41, 5.74) is 1.23. The maximum Gasteiger partial charge on any atom is 0.153 e. The van der Waals surface area contributed by atoms with Gasteiger partial charge in [-0.3, -0.25) is 0 Å². The first-order valence-electron chi connectivity index (χ1n) is 7.84. The van der Waals surface area contributed by atoms with Gasteiger partial charge in [0.15, 0.2) is 9.84 Å². The quantitative estimate of drug-likeness (QED) is 0.837. The molecule has 0 saturated carbocycles. The Morgan fingerprint density at radius 3 is 2.67 bits per heavy atom. The van der Waals surface area contributed by atoms with E-state index in [0.717, 1.165) is 25.9 Å². The zero-order chi connectivity index (χ0) is 15.1. The second kappa shape index (κ2) is 7.80. The van der Waals surface area contributed by atoms with Gasteiger partial charge in [0.05, 0.1) is 11.5 Å². The van der Waals surface area contributed by atoms with Crippen LogP contribution < -0.4 is 10.2 Å². The third kappa shape index (κ3) is 5.32. The minimum Gasteiger partial charge on any atom is -0.371 e. The maximum atomic E-state index is 11.7. The third-order valence-corrected chi connectivity index (χ3v) is 5.69. The molecule has 1 aliphatic rings. The molecular weight excluding hydrogens is 284 g/mol. The van der Waals surface area contributed by atoms with Gasteiger partial charge in [0.1, 0.15) is 0 Å². The lowest BCUT2D eigenvalue weighted by Crippen LogP contribution is -2.46. The average Bonchev–Trinajstić information content (AvgIpc) is 2.47. The summed E-state index contributed by atoms with van der Waals surface area (Å²) in [5, 5.41) is 3.33. The topological polar surface area (TPSA) is 49.4 Å². The number of para-hydroxylation sites is 1. The molecule has 0 aliphatic carbocycles. The van der Waals surface area contributed by atoms with Gasteiger partial charge in [-0.2, -0.15) is 0 Å². The summed E-state index contributed by atoms with van der Waals surface area (Å²) in [6.45, 7) is 4.71. The number of hydrogen-bond acceptors (Lipinski definition) is 4. The molecule has 118 valence electrons. The first-order chi connectivity index (χ1) is 10.1. The highest BCUT2D eigenvalue weighted by Gasteiger charge is 2.24. The van der Waals surface area contributed by atoms with Crippen molar-refractivity contribution in [2.75, 3.05) is 36.0 Å². The van der Waals surface area contributed by atoms with Crippen LogP contribution in [0.1, 0.15) is 26.2 Å². The second-order valence-electron chi connectivity index (χ2n) is 5.73. The molecule has 5 heteroatoms. The van der Waals surface area contributed by atoms with Crippen molar-refractivity contribution < 1.29 is 8.42 Å². The highest BCUT2D eigenvalue weighted by Crippen LogP contribution is 2.16. The van der Waals surface area contributed by atoms with E-state index in [1.54, 1.807) is 0 Å². The van der Waals surface area contributed by atoms with Crippen LogP contribution in [0.4, 0.5) is 5.69 Å². The Bertz CT molecular complexity index is 516. The zero-order valence-corrected chi connectivity index (χ0v) is 13.6. The number of nitrogens with zero attached hydrogens (tertiary/aromatic N) is 1. The van der Waals surface area contributed by atoms with E-state index in [2.05, 4.69) is 41.4 Å². The Hall–Kier alpha value is -1.07. The fourth-order valence-electron chi connectivity index (χ4n) is 2.72. The molecule has 1 aromatic rings. The van der Waals surface area contributed by atoms with Gasteiger partial charge in [-0.25, -0.2) is 8.42 Å². The van der Waals surface area contributed by atoms with Gasteiger partial charge in [0.2, 0.25) is 0 Å².